The minimum Gasteiger partial charge on any atom is -0.389 e. The molecule has 0 aromatic carbocycles. The number of hydrogen-bond donors (Lipinski definition) is 3. The van der Waals surface area contributed by atoms with Crippen molar-refractivity contribution in [2.24, 2.45) is 0 Å². The fourth-order valence-corrected chi connectivity index (χ4v) is 2.34. The molecule has 2 atom stereocenters. The highest BCUT2D eigenvalue weighted by Gasteiger charge is 2.31. The van der Waals surface area contributed by atoms with Gasteiger partial charge in [-0.05, 0) is 12.8 Å². The first-order valence-electron chi connectivity index (χ1n) is 6.86. The van der Waals surface area contributed by atoms with Gasteiger partial charge in [0.05, 0.1) is 12.2 Å². The number of β-amino-alcohol motifs (C(OH)–C–C–N with tert-alkyl or cyclic N) is 2. The third kappa shape index (κ3) is 2.96. The lowest BCUT2D eigenvalue weighted by Crippen LogP contribution is -2.24. The molecule has 3 N–H and O–H groups in total. The number of aliphatic hydroxyl groups is 2. The molecule has 6 nitrogen and oxygen atoms in total. The Morgan fingerprint density at radius 2 is 1.95 bits per heavy atom. The second kappa shape index (κ2) is 6.16. The molecule has 19 heavy (non-hydrogen) atoms. The van der Waals surface area contributed by atoms with Crippen LogP contribution in [0.3, 0.4) is 0 Å². The maximum atomic E-state index is 9.65. The SMILES string of the molecule is CCCNc1ncnc(N2CC(O)C(O)C2)c1CC. The normalized spacial score (nSPS) is 22.8. The van der Waals surface area contributed by atoms with Crippen LogP contribution in [0.4, 0.5) is 11.6 Å². The first kappa shape index (κ1) is 14.0. The van der Waals surface area contributed by atoms with Gasteiger partial charge in [-0.2, -0.15) is 0 Å². The Bertz CT molecular complexity index is 417. The molecular weight excluding hydrogens is 244 g/mol. The number of anilines is 2. The fraction of sp³-hybridized carbons (Fsp3) is 0.692. The van der Waals surface area contributed by atoms with Crippen LogP contribution in [0.1, 0.15) is 25.8 Å². The van der Waals surface area contributed by atoms with E-state index in [-0.39, 0.29) is 0 Å². The number of aliphatic hydroxyl groups excluding tert-OH is 2. The summed E-state index contributed by atoms with van der Waals surface area (Å²) in [4.78, 5) is 10.5. The molecule has 0 amide bonds. The van der Waals surface area contributed by atoms with Crippen molar-refractivity contribution >= 4 is 11.6 Å². The summed E-state index contributed by atoms with van der Waals surface area (Å²) in [5.41, 5.74) is 1.04. The first-order chi connectivity index (χ1) is 9.17. The number of rotatable bonds is 5. The standard InChI is InChI=1S/C13H22N4O2/c1-3-5-14-12-9(4-2)13(16-8-15-12)17-6-10(18)11(19)7-17/h8,10-11,18-19H,3-7H2,1-2H3,(H,14,15,16). The van der Waals surface area contributed by atoms with Crippen LogP contribution < -0.4 is 10.2 Å². The van der Waals surface area contributed by atoms with Crippen LogP contribution in [-0.2, 0) is 6.42 Å². The summed E-state index contributed by atoms with van der Waals surface area (Å²) >= 11 is 0. The molecule has 2 heterocycles. The van der Waals surface area contributed by atoms with Gasteiger partial charge in [-0.1, -0.05) is 13.8 Å². The summed E-state index contributed by atoms with van der Waals surface area (Å²) in [5.74, 6) is 1.66. The molecule has 2 rings (SSSR count). The largest absolute Gasteiger partial charge is 0.389 e. The lowest BCUT2D eigenvalue weighted by molar-refractivity contribution is 0.0572. The summed E-state index contributed by atoms with van der Waals surface area (Å²) in [7, 11) is 0. The highest BCUT2D eigenvalue weighted by Crippen LogP contribution is 2.27. The Balaban J connectivity index is 2.25. The molecule has 1 aliphatic heterocycles. The molecule has 0 bridgehead atoms. The number of aromatic nitrogens is 2. The summed E-state index contributed by atoms with van der Waals surface area (Å²) < 4.78 is 0. The van der Waals surface area contributed by atoms with E-state index in [4.69, 9.17) is 0 Å². The van der Waals surface area contributed by atoms with E-state index in [0.29, 0.717) is 13.1 Å². The Hall–Kier alpha value is -1.40. The molecule has 1 saturated heterocycles. The van der Waals surface area contributed by atoms with Gasteiger partial charge in [0.1, 0.15) is 18.0 Å². The molecule has 1 aliphatic rings. The lowest BCUT2D eigenvalue weighted by atomic mass is 10.2. The molecule has 6 heteroatoms. The molecule has 106 valence electrons. The third-order valence-electron chi connectivity index (χ3n) is 3.38. The predicted octanol–water partition coefficient (Wildman–Crippen LogP) is 0.403. The van der Waals surface area contributed by atoms with Crippen molar-refractivity contribution in [2.45, 2.75) is 38.9 Å². The average molecular weight is 266 g/mol. The van der Waals surface area contributed by atoms with Gasteiger partial charge in [0, 0.05) is 25.2 Å². The summed E-state index contributed by atoms with van der Waals surface area (Å²) in [5, 5.41) is 22.6. The highest BCUT2D eigenvalue weighted by molar-refractivity contribution is 5.59. The van der Waals surface area contributed by atoms with E-state index in [0.717, 1.165) is 36.6 Å². The van der Waals surface area contributed by atoms with E-state index in [2.05, 4.69) is 29.1 Å². The zero-order chi connectivity index (χ0) is 13.8. The summed E-state index contributed by atoms with van der Waals surface area (Å²) in [6.45, 7) is 5.86. The number of nitrogens with one attached hydrogen (secondary N) is 1. The lowest BCUT2D eigenvalue weighted by Gasteiger charge is -2.21. The van der Waals surface area contributed by atoms with E-state index in [1.807, 2.05) is 4.90 Å². The highest BCUT2D eigenvalue weighted by atomic mass is 16.3. The van der Waals surface area contributed by atoms with E-state index in [9.17, 15) is 10.2 Å². The van der Waals surface area contributed by atoms with Crippen molar-refractivity contribution < 1.29 is 10.2 Å². The molecule has 2 unspecified atom stereocenters. The number of hydrogen-bond acceptors (Lipinski definition) is 6. The Labute approximate surface area is 113 Å². The Morgan fingerprint density at radius 1 is 1.26 bits per heavy atom. The van der Waals surface area contributed by atoms with Gasteiger partial charge < -0.3 is 20.4 Å². The quantitative estimate of drug-likeness (QED) is 0.716. The predicted molar refractivity (Wildman–Crippen MR) is 74.4 cm³/mol. The molecule has 1 aromatic rings. The monoisotopic (exact) mass is 266 g/mol. The second-order valence-corrected chi connectivity index (χ2v) is 4.84. The van der Waals surface area contributed by atoms with Crippen LogP contribution in [0.25, 0.3) is 0 Å². The van der Waals surface area contributed by atoms with Gasteiger partial charge >= 0.3 is 0 Å². The van der Waals surface area contributed by atoms with Crippen LogP contribution in [0.5, 0.6) is 0 Å². The average Bonchev–Trinajstić information content (AvgIpc) is 2.75. The second-order valence-electron chi connectivity index (χ2n) is 4.84. The van der Waals surface area contributed by atoms with Crippen molar-refractivity contribution in [1.82, 2.24) is 9.97 Å². The van der Waals surface area contributed by atoms with Gasteiger partial charge in [0.25, 0.3) is 0 Å². The van der Waals surface area contributed by atoms with Crippen LogP contribution in [0.15, 0.2) is 6.33 Å². The van der Waals surface area contributed by atoms with Crippen LogP contribution in [0, 0.1) is 0 Å². The van der Waals surface area contributed by atoms with Crippen LogP contribution in [0.2, 0.25) is 0 Å². The number of nitrogens with zero attached hydrogens (tertiary/aromatic N) is 3. The first-order valence-corrected chi connectivity index (χ1v) is 6.86. The molecule has 0 aliphatic carbocycles. The van der Waals surface area contributed by atoms with Gasteiger partial charge in [-0.15, -0.1) is 0 Å². The van der Waals surface area contributed by atoms with Gasteiger partial charge in [-0.25, -0.2) is 9.97 Å². The molecular formula is C13H22N4O2. The molecule has 0 spiro atoms. The van der Waals surface area contributed by atoms with Crippen molar-refractivity contribution in [3.63, 3.8) is 0 Å². The fourth-order valence-electron chi connectivity index (χ4n) is 2.34. The van der Waals surface area contributed by atoms with Crippen LogP contribution >= 0.6 is 0 Å². The van der Waals surface area contributed by atoms with Crippen molar-refractivity contribution in [2.75, 3.05) is 29.9 Å². The smallest absolute Gasteiger partial charge is 0.137 e. The maximum Gasteiger partial charge on any atom is 0.137 e. The van der Waals surface area contributed by atoms with Crippen LogP contribution in [-0.4, -0.2) is 52.0 Å². The van der Waals surface area contributed by atoms with Gasteiger partial charge in [0.15, 0.2) is 0 Å². The molecule has 1 aromatic heterocycles. The topological polar surface area (TPSA) is 81.5 Å². The third-order valence-corrected chi connectivity index (χ3v) is 3.38. The van der Waals surface area contributed by atoms with E-state index >= 15 is 0 Å². The maximum absolute atomic E-state index is 9.65. The Morgan fingerprint density at radius 3 is 2.53 bits per heavy atom. The van der Waals surface area contributed by atoms with E-state index in [1.54, 1.807) is 0 Å². The zero-order valence-electron chi connectivity index (χ0n) is 11.5. The molecule has 1 fully saturated rings. The Kier molecular flexibility index (Phi) is 4.55. The molecule has 0 saturated carbocycles. The zero-order valence-corrected chi connectivity index (χ0v) is 11.5. The molecule has 0 radical (unpaired) electrons. The minimum atomic E-state index is -0.702. The van der Waals surface area contributed by atoms with Gasteiger partial charge in [0.2, 0.25) is 0 Å². The van der Waals surface area contributed by atoms with E-state index < -0.39 is 12.2 Å². The van der Waals surface area contributed by atoms with Crippen molar-refractivity contribution in [1.29, 1.82) is 0 Å². The van der Waals surface area contributed by atoms with E-state index in [1.165, 1.54) is 6.33 Å². The minimum absolute atomic E-state index is 0.415. The summed E-state index contributed by atoms with van der Waals surface area (Å²) in [6.07, 6.45) is 1.97. The van der Waals surface area contributed by atoms with Crippen molar-refractivity contribution in [3.05, 3.63) is 11.9 Å². The van der Waals surface area contributed by atoms with Gasteiger partial charge in [-0.3, -0.25) is 0 Å². The van der Waals surface area contributed by atoms with Crippen molar-refractivity contribution in [3.8, 4) is 0 Å². The summed E-state index contributed by atoms with van der Waals surface area (Å²) in [6, 6.07) is 0.